The summed E-state index contributed by atoms with van der Waals surface area (Å²) >= 11 is 3.29. The summed E-state index contributed by atoms with van der Waals surface area (Å²) in [6.07, 6.45) is 0.905. The van der Waals surface area contributed by atoms with Gasteiger partial charge in [-0.2, -0.15) is 0 Å². The van der Waals surface area contributed by atoms with E-state index in [9.17, 15) is 4.79 Å². The monoisotopic (exact) mass is 244 g/mol. The van der Waals surface area contributed by atoms with Crippen LogP contribution in [0.25, 0.3) is 20.5 Å². The van der Waals surface area contributed by atoms with Gasteiger partial charge in [0.1, 0.15) is 0 Å². The summed E-state index contributed by atoms with van der Waals surface area (Å²) in [5.74, 6) is 0. The lowest BCUT2D eigenvalue weighted by molar-refractivity contribution is 0.112. The number of carbonyl (C=O) groups excluding carboxylic acids is 1. The molecule has 3 aromatic rings. The Bertz CT molecular complexity index is 649. The molecule has 1 nitrogen and oxygen atoms in total. The van der Waals surface area contributed by atoms with Gasteiger partial charge in [-0.25, -0.2) is 0 Å². The number of thiophene rings is 2. The Labute approximate surface area is 101 Å². The first-order chi connectivity index (χ1) is 7.88. The normalized spacial score (nSPS) is 10.8. The smallest absolute Gasteiger partial charge is 0.160 e. The molecular weight excluding hydrogens is 236 g/mol. The van der Waals surface area contributed by atoms with Crippen LogP contribution in [0.5, 0.6) is 0 Å². The van der Waals surface area contributed by atoms with Gasteiger partial charge in [-0.05, 0) is 18.2 Å². The molecule has 0 saturated heterocycles. The first-order valence-corrected chi connectivity index (χ1v) is 6.60. The van der Waals surface area contributed by atoms with Gasteiger partial charge in [0.15, 0.2) is 6.29 Å². The molecule has 1 aromatic carbocycles. The number of aldehydes is 1. The van der Waals surface area contributed by atoms with E-state index < -0.39 is 0 Å². The van der Waals surface area contributed by atoms with E-state index in [1.54, 1.807) is 22.7 Å². The van der Waals surface area contributed by atoms with E-state index in [0.29, 0.717) is 0 Å². The van der Waals surface area contributed by atoms with Crippen molar-refractivity contribution in [2.75, 3.05) is 0 Å². The second-order valence-electron chi connectivity index (χ2n) is 3.47. The SMILES string of the molecule is O=Cc1ccc(-c2csc3ccccc23)s1. The van der Waals surface area contributed by atoms with Crippen LogP contribution in [-0.4, -0.2) is 6.29 Å². The lowest BCUT2D eigenvalue weighted by Gasteiger charge is -1.93. The molecule has 3 rings (SSSR count). The maximum absolute atomic E-state index is 10.7. The van der Waals surface area contributed by atoms with E-state index in [1.807, 2.05) is 24.3 Å². The van der Waals surface area contributed by atoms with Crippen LogP contribution in [-0.2, 0) is 0 Å². The lowest BCUT2D eigenvalue weighted by Crippen LogP contribution is -1.67. The molecule has 2 aromatic heterocycles. The molecule has 0 amide bonds. The van der Waals surface area contributed by atoms with Crippen LogP contribution in [0.4, 0.5) is 0 Å². The van der Waals surface area contributed by atoms with Crippen molar-refractivity contribution < 1.29 is 4.79 Å². The molecule has 0 fully saturated rings. The number of hydrogen-bond acceptors (Lipinski definition) is 3. The maximum atomic E-state index is 10.7. The fraction of sp³-hybridized carbons (Fsp3) is 0. The highest BCUT2D eigenvalue weighted by molar-refractivity contribution is 7.20. The van der Waals surface area contributed by atoms with Crippen LogP contribution in [0.2, 0.25) is 0 Å². The molecule has 78 valence electrons. The molecule has 0 aliphatic heterocycles. The van der Waals surface area contributed by atoms with E-state index in [-0.39, 0.29) is 0 Å². The average Bonchev–Trinajstić information content (AvgIpc) is 2.94. The first-order valence-electron chi connectivity index (χ1n) is 4.90. The Balaban J connectivity index is 2.21. The summed E-state index contributed by atoms with van der Waals surface area (Å²) in [5.41, 5.74) is 1.23. The van der Waals surface area contributed by atoms with Gasteiger partial charge in [-0.15, -0.1) is 22.7 Å². The summed E-state index contributed by atoms with van der Waals surface area (Å²) in [7, 11) is 0. The zero-order valence-corrected chi connectivity index (χ0v) is 9.98. The summed E-state index contributed by atoms with van der Waals surface area (Å²) < 4.78 is 1.29. The van der Waals surface area contributed by atoms with Gasteiger partial charge in [0.25, 0.3) is 0 Å². The van der Waals surface area contributed by atoms with Crippen molar-refractivity contribution >= 4 is 39.0 Å². The van der Waals surface area contributed by atoms with E-state index >= 15 is 0 Å². The molecule has 0 radical (unpaired) electrons. The van der Waals surface area contributed by atoms with Gasteiger partial charge in [0.2, 0.25) is 0 Å². The fourth-order valence-electron chi connectivity index (χ4n) is 1.73. The van der Waals surface area contributed by atoms with Gasteiger partial charge in [0.05, 0.1) is 4.88 Å². The molecular formula is C13H8OS2. The molecule has 0 spiro atoms. The zero-order valence-electron chi connectivity index (χ0n) is 8.34. The number of fused-ring (bicyclic) bond motifs is 1. The number of benzene rings is 1. The van der Waals surface area contributed by atoms with Gasteiger partial charge < -0.3 is 0 Å². The predicted octanol–water partition coefficient (Wildman–Crippen LogP) is 4.44. The molecule has 0 unspecified atom stereocenters. The first kappa shape index (κ1) is 9.75. The quantitative estimate of drug-likeness (QED) is 0.609. The highest BCUT2D eigenvalue weighted by atomic mass is 32.1. The largest absolute Gasteiger partial charge is 0.297 e. The van der Waals surface area contributed by atoms with Crippen molar-refractivity contribution in [2.24, 2.45) is 0 Å². The molecule has 2 heterocycles. The van der Waals surface area contributed by atoms with Gasteiger partial charge >= 0.3 is 0 Å². The Hall–Kier alpha value is -1.45. The van der Waals surface area contributed by atoms with Crippen LogP contribution in [0.1, 0.15) is 9.67 Å². The molecule has 0 N–H and O–H groups in total. The van der Waals surface area contributed by atoms with Crippen LogP contribution < -0.4 is 0 Å². The predicted molar refractivity (Wildman–Crippen MR) is 70.5 cm³/mol. The summed E-state index contributed by atoms with van der Waals surface area (Å²) in [6, 6.07) is 12.2. The second-order valence-corrected chi connectivity index (χ2v) is 5.49. The average molecular weight is 244 g/mol. The molecule has 3 heteroatoms. The van der Waals surface area contributed by atoms with Gasteiger partial charge in [-0.3, -0.25) is 4.79 Å². The number of carbonyl (C=O) groups is 1. The Morgan fingerprint density at radius 3 is 2.75 bits per heavy atom. The van der Waals surface area contributed by atoms with Crippen molar-refractivity contribution in [3.63, 3.8) is 0 Å². The Kier molecular flexibility index (Phi) is 2.35. The minimum atomic E-state index is 0.783. The standard InChI is InChI=1S/C13H8OS2/c14-7-9-5-6-13(16-9)11-8-15-12-4-2-1-3-10(11)12/h1-8H. The van der Waals surface area contributed by atoms with Crippen molar-refractivity contribution in [3.8, 4) is 10.4 Å². The number of rotatable bonds is 2. The zero-order chi connectivity index (χ0) is 11.0. The Morgan fingerprint density at radius 1 is 1.06 bits per heavy atom. The van der Waals surface area contributed by atoms with Gasteiger partial charge in [0, 0.05) is 25.9 Å². The van der Waals surface area contributed by atoms with Crippen molar-refractivity contribution in [1.82, 2.24) is 0 Å². The van der Waals surface area contributed by atoms with Crippen molar-refractivity contribution in [2.45, 2.75) is 0 Å². The van der Waals surface area contributed by atoms with Crippen LogP contribution >= 0.6 is 22.7 Å². The molecule has 0 bridgehead atoms. The molecule has 16 heavy (non-hydrogen) atoms. The van der Waals surface area contributed by atoms with Gasteiger partial charge in [-0.1, -0.05) is 18.2 Å². The molecule has 0 aliphatic carbocycles. The third kappa shape index (κ3) is 1.49. The van der Waals surface area contributed by atoms with Crippen LogP contribution in [0, 0.1) is 0 Å². The lowest BCUT2D eigenvalue weighted by atomic mass is 10.1. The Morgan fingerprint density at radius 2 is 1.94 bits per heavy atom. The summed E-state index contributed by atoms with van der Waals surface area (Å²) in [5, 5.41) is 3.43. The van der Waals surface area contributed by atoms with Crippen LogP contribution in [0.15, 0.2) is 41.8 Å². The topological polar surface area (TPSA) is 17.1 Å². The third-order valence-corrected chi connectivity index (χ3v) is 4.50. The summed E-state index contributed by atoms with van der Waals surface area (Å²) in [4.78, 5) is 12.6. The van der Waals surface area contributed by atoms with E-state index in [1.165, 1.54) is 20.5 Å². The van der Waals surface area contributed by atoms with E-state index in [2.05, 4.69) is 17.5 Å². The molecule has 0 saturated carbocycles. The van der Waals surface area contributed by atoms with E-state index in [0.717, 1.165) is 11.2 Å². The highest BCUT2D eigenvalue weighted by Crippen LogP contribution is 2.36. The third-order valence-electron chi connectivity index (χ3n) is 2.49. The minimum Gasteiger partial charge on any atom is -0.297 e. The number of hydrogen-bond donors (Lipinski definition) is 0. The van der Waals surface area contributed by atoms with Crippen molar-refractivity contribution in [3.05, 3.63) is 46.7 Å². The highest BCUT2D eigenvalue weighted by Gasteiger charge is 2.07. The maximum Gasteiger partial charge on any atom is 0.160 e. The van der Waals surface area contributed by atoms with Crippen LogP contribution in [0.3, 0.4) is 0 Å². The molecule has 0 aliphatic rings. The molecule has 0 atom stereocenters. The van der Waals surface area contributed by atoms with E-state index in [4.69, 9.17) is 0 Å². The minimum absolute atomic E-state index is 0.783. The fourth-order valence-corrected chi connectivity index (χ4v) is 3.62. The summed E-state index contributed by atoms with van der Waals surface area (Å²) in [6.45, 7) is 0. The second kappa shape index (κ2) is 3.85. The van der Waals surface area contributed by atoms with Crippen molar-refractivity contribution in [1.29, 1.82) is 0 Å².